The lowest BCUT2D eigenvalue weighted by Crippen LogP contribution is -2.50. The number of halogens is 3. The van der Waals surface area contributed by atoms with Crippen LogP contribution in [0.1, 0.15) is 44.3 Å². The highest BCUT2D eigenvalue weighted by Crippen LogP contribution is 2.36. The summed E-state index contributed by atoms with van der Waals surface area (Å²) in [6.07, 6.45) is 2.14. The Morgan fingerprint density at radius 3 is 2.68 bits per heavy atom. The van der Waals surface area contributed by atoms with Crippen LogP contribution >= 0.6 is 11.8 Å². The molecule has 2 atom stereocenters. The highest BCUT2D eigenvalue weighted by atomic mass is 32.2. The molecule has 0 bridgehead atoms. The Balaban J connectivity index is 1.54. The largest absolute Gasteiger partial charge is 0.451 e. The molecule has 4 nitrogen and oxygen atoms in total. The minimum Gasteiger partial charge on any atom is -0.339 e. The SMILES string of the molecule is O=C(CSc1nc(C(F)(F)F)nc2ccccc12)N1CCC[C@@H]2CCCC[C@H]21. The molecular formula is C20H22F3N3OS. The average molecular weight is 409 g/mol. The Morgan fingerprint density at radius 2 is 1.86 bits per heavy atom. The number of fused-ring (bicyclic) bond motifs is 2. The van der Waals surface area contributed by atoms with Crippen LogP contribution in [0.25, 0.3) is 10.9 Å². The Hall–Kier alpha value is -1.83. The van der Waals surface area contributed by atoms with Gasteiger partial charge < -0.3 is 4.90 Å². The van der Waals surface area contributed by atoms with Gasteiger partial charge in [0.1, 0.15) is 5.03 Å². The molecule has 150 valence electrons. The molecule has 0 radical (unpaired) electrons. The van der Waals surface area contributed by atoms with Gasteiger partial charge in [0.25, 0.3) is 0 Å². The van der Waals surface area contributed by atoms with Crippen molar-refractivity contribution in [2.24, 2.45) is 5.92 Å². The van der Waals surface area contributed by atoms with E-state index in [-0.39, 0.29) is 22.2 Å². The molecular weight excluding hydrogens is 387 g/mol. The zero-order valence-electron chi connectivity index (χ0n) is 15.4. The molecule has 2 fully saturated rings. The van der Waals surface area contributed by atoms with Gasteiger partial charge in [0.2, 0.25) is 11.7 Å². The highest BCUT2D eigenvalue weighted by molar-refractivity contribution is 8.00. The molecule has 1 amide bonds. The van der Waals surface area contributed by atoms with Crippen LogP contribution in [0, 0.1) is 5.92 Å². The van der Waals surface area contributed by atoms with Gasteiger partial charge >= 0.3 is 6.18 Å². The summed E-state index contributed by atoms with van der Waals surface area (Å²) in [6.45, 7) is 0.749. The lowest BCUT2D eigenvalue weighted by molar-refractivity contribution is -0.145. The van der Waals surface area contributed by atoms with Crippen molar-refractivity contribution in [2.75, 3.05) is 12.3 Å². The van der Waals surface area contributed by atoms with E-state index in [1.54, 1.807) is 18.2 Å². The lowest BCUT2D eigenvalue weighted by atomic mass is 9.78. The van der Waals surface area contributed by atoms with Gasteiger partial charge in [-0.1, -0.05) is 42.8 Å². The van der Waals surface area contributed by atoms with Gasteiger partial charge in [0, 0.05) is 18.0 Å². The summed E-state index contributed by atoms with van der Waals surface area (Å²) in [6, 6.07) is 6.91. The second-order valence-electron chi connectivity index (χ2n) is 7.50. The molecule has 2 heterocycles. The van der Waals surface area contributed by atoms with E-state index in [0.29, 0.717) is 17.3 Å². The van der Waals surface area contributed by atoms with Crippen molar-refractivity contribution in [3.63, 3.8) is 0 Å². The molecule has 0 unspecified atom stereocenters. The normalized spacial score (nSPS) is 22.9. The first kappa shape index (κ1) is 19.5. The van der Waals surface area contributed by atoms with Crippen molar-refractivity contribution in [1.29, 1.82) is 0 Å². The van der Waals surface area contributed by atoms with Crippen LogP contribution in [0.5, 0.6) is 0 Å². The first-order chi connectivity index (χ1) is 13.4. The summed E-state index contributed by atoms with van der Waals surface area (Å²) in [5.74, 6) is -0.487. The summed E-state index contributed by atoms with van der Waals surface area (Å²) < 4.78 is 39.5. The Labute approximate surface area is 165 Å². The number of carbonyl (C=O) groups excluding carboxylic acids is 1. The monoisotopic (exact) mass is 409 g/mol. The predicted molar refractivity (Wildman–Crippen MR) is 102 cm³/mol. The van der Waals surface area contributed by atoms with Gasteiger partial charge in [-0.3, -0.25) is 4.79 Å². The highest BCUT2D eigenvalue weighted by Gasteiger charge is 2.37. The van der Waals surface area contributed by atoms with Crippen molar-refractivity contribution in [3.05, 3.63) is 30.1 Å². The van der Waals surface area contributed by atoms with E-state index >= 15 is 0 Å². The van der Waals surface area contributed by atoms with Crippen molar-refractivity contribution in [1.82, 2.24) is 14.9 Å². The van der Waals surface area contributed by atoms with Gasteiger partial charge in [0.05, 0.1) is 11.3 Å². The van der Waals surface area contributed by atoms with Gasteiger partial charge in [0.15, 0.2) is 0 Å². The minimum absolute atomic E-state index is 0.00199. The minimum atomic E-state index is -4.62. The van der Waals surface area contributed by atoms with E-state index in [9.17, 15) is 18.0 Å². The number of aromatic nitrogens is 2. The molecule has 8 heteroatoms. The predicted octanol–water partition coefficient (Wildman–Crippen LogP) is 4.92. The molecule has 1 aliphatic carbocycles. The molecule has 1 aromatic carbocycles. The lowest BCUT2D eigenvalue weighted by Gasteiger charge is -2.44. The third-order valence-electron chi connectivity index (χ3n) is 5.72. The average Bonchev–Trinajstić information content (AvgIpc) is 2.70. The maximum atomic E-state index is 13.2. The number of rotatable bonds is 3. The van der Waals surface area contributed by atoms with E-state index in [1.165, 1.54) is 25.3 Å². The van der Waals surface area contributed by atoms with Crippen molar-refractivity contribution < 1.29 is 18.0 Å². The van der Waals surface area contributed by atoms with Crippen LogP contribution in [0.3, 0.4) is 0 Å². The zero-order valence-corrected chi connectivity index (χ0v) is 16.2. The maximum Gasteiger partial charge on any atom is 0.451 e. The first-order valence-corrected chi connectivity index (χ1v) is 10.7. The smallest absolute Gasteiger partial charge is 0.339 e. The van der Waals surface area contributed by atoms with E-state index in [0.717, 1.165) is 37.6 Å². The van der Waals surface area contributed by atoms with Crippen LogP contribution in [0.4, 0.5) is 13.2 Å². The quantitative estimate of drug-likeness (QED) is 0.533. The van der Waals surface area contributed by atoms with Crippen LogP contribution in [-0.4, -0.2) is 39.1 Å². The van der Waals surface area contributed by atoms with Crippen LogP contribution in [0.15, 0.2) is 29.3 Å². The Bertz CT molecular complexity index is 871. The van der Waals surface area contributed by atoms with Crippen LogP contribution in [-0.2, 0) is 11.0 Å². The number of alkyl halides is 3. The number of carbonyl (C=O) groups is 1. The van der Waals surface area contributed by atoms with Crippen LogP contribution in [0.2, 0.25) is 0 Å². The summed E-state index contributed by atoms with van der Waals surface area (Å²) in [7, 11) is 0. The van der Waals surface area contributed by atoms with Crippen molar-refractivity contribution in [3.8, 4) is 0 Å². The van der Waals surface area contributed by atoms with Crippen LogP contribution < -0.4 is 0 Å². The van der Waals surface area contributed by atoms with E-state index < -0.39 is 12.0 Å². The second-order valence-corrected chi connectivity index (χ2v) is 8.46. The molecule has 0 N–H and O–H groups in total. The van der Waals surface area contributed by atoms with E-state index in [2.05, 4.69) is 9.97 Å². The third kappa shape index (κ3) is 3.97. The Morgan fingerprint density at radius 1 is 1.11 bits per heavy atom. The van der Waals surface area contributed by atoms with Gasteiger partial charge in [-0.25, -0.2) is 9.97 Å². The van der Waals surface area contributed by atoms with E-state index in [4.69, 9.17) is 0 Å². The van der Waals surface area contributed by atoms with Gasteiger partial charge in [-0.2, -0.15) is 13.2 Å². The fourth-order valence-corrected chi connectivity index (χ4v) is 5.34. The summed E-state index contributed by atoms with van der Waals surface area (Å²) in [4.78, 5) is 22.2. The van der Waals surface area contributed by atoms with Crippen molar-refractivity contribution in [2.45, 2.75) is 55.8 Å². The van der Waals surface area contributed by atoms with E-state index in [1.807, 2.05) is 4.90 Å². The molecule has 4 rings (SSSR count). The fraction of sp³-hybridized carbons (Fsp3) is 0.550. The summed E-state index contributed by atoms with van der Waals surface area (Å²) >= 11 is 1.08. The number of para-hydroxylation sites is 1. The second kappa shape index (κ2) is 7.89. The number of piperidine rings is 1. The molecule has 1 saturated heterocycles. The molecule has 2 aromatic rings. The number of benzene rings is 1. The molecule has 0 spiro atoms. The van der Waals surface area contributed by atoms with Crippen molar-refractivity contribution >= 4 is 28.6 Å². The third-order valence-corrected chi connectivity index (χ3v) is 6.69. The summed E-state index contributed by atoms with van der Waals surface area (Å²) in [5, 5.41) is 0.756. The number of thioether (sulfide) groups is 1. The topological polar surface area (TPSA) is 46.1 Å². The zero-order chi connectivity index (χ0) is 19.7. The number of likely N-dealkylation sites (tertiary alicyclic amines) is 1. The molecule has 1 aromatic heterocycles. The number of nitrogens with zero attached hydrogens (tertiary/aromatic N) is 3. The number of hydrogen-bond acceptors (Lipinski definition) is 4. The maximum absolute atomic E-state index is 13.2. The standard InChI is InChI=1S/C20H22F3N3OS/c21-20(22,23)19-24-15-9-3-2-8-14(15)18(25-19)28-12-17(27)26-11-5-7-13-6-1-4-10-16(13)26/h2-3,8-9,13,16H,1,4-7,10-12H2/t13-,16+/m0/s1. The van der Waals surface area contributed by atoms with Gasteiger partial charge in [-0.05, 0) is 37.7 Å². The molecule has 2 aliphatic rings. The number of amides is 1. The Kier molecular flexibility index (Phi) is 5.49. The summed E-state index contributed by atoms with van der Waals surface area (Å²) in [5.41, 5.74) is 0.241. The molecule has 28 heavy (non-hydrogen) atoms. The molecule has 1 aliphatic heterocycles. The first-order valence-electron chi connectivity index (χ1n) is 9.70. The number of hydrogen-bond donors (Lipinski definition) is 0. The fourth-order valence-electron chi connectivity index (χ4n) is 4.43. The van der Waals surface area contributed by atoms with Gasteiger partial charge in [-0.15, -0.1) is 0 Å². The molecule has 1 saturated carbocycles.